The zero-order chi connectivity index (χ0) is 23.4. The molecule has 0 radical (unpaired) electrons. The zero-order valence-corrected chi connectivity index (χ0v) is 18.8. The van der Waals surface area contributed by atoms with Crippen molar-refractivity contribution < 1.29 is 14.0 Å². The maximum atomic E-state index is 15.6. The van der Waals surface area contributed by atoms with Gasteiger partial charge in [-0.1, -0.05) is 13.0 Å². The first-order valence-corrected chi connectivity index (χ1v) is 10.7. The molecule has 1 aliphatic rings. The molecule has 9 heteroatoms. The minimum atomic E-state index is -0.406. The number of carbonyl (C=O) groups is 2. The van der Waals surface area contributed by atoms with Crippen LogP contribution in [0.3, 0.4) is 0 Å². The molecular weight excluding hydrogens is 411 g/mol. The Morgan fingerprint density at radius 2 is 2.06 bits per heavy atom. The summed E-state index contributed by atoms with van der Waals surface area (Å²) in [6.07, 6.45) is 6.36. The van der Waals surface area contributed by atoms with Crippen molar-refractivity contribution in [3.8, 4) is 0 Å². The number of aromatic nitrogens is 1. The van der Waals surface area contributed by atoms with Crippen molar-refractivity contribution in [1.29, 1.82) is 0 Å². The maximum absolute atomic E-state index is 15.6. The third kappa shape index (κ3) is 4.77. The van der Waals surface area contributed by atoms with E-state index in [1.807, 2.05) is 19.1 Å². The average Bonchev–Trinajstić information content (AvgIpc) is 3.23. The molecular formula is C23H31FN6O2. The number of aromatic amines is 1. The molecule has 8 nitrogen and oxygen atoms in total. The number of fused-ring (bicyclic) bond motifs is 1. The summed E-state index contributed by atoms with van der Waals surface area (Å²) in [6, 6.07) is 3.55. The summed E-state index contributed by atoms with van der Waals surface area (Å²) in [5.74, 6) is 5.07. The molecule has 172 valence electrons. The highest BCUT2D eigenvalue weighted by molar-refractivity contribution is 5.99. The SMILES string of the molecule is CCc1cc(C2=CCCN(C(=O)CCN(N)/C=C\N)C2)c(F)c2[nH]c(C(=O)N(C)C)cc12. The van der Waals surface area contributed by atoms with E-state index >= 15 is 4.39 Å². The molecule has 2 heterocycles. The molecule has 0 fully saturated rings. The van der Waals surface area contributed by atoms with Crippen molar-refractivity contribution in [2.45, 2.75) is 26.2 Å². The van der Waals surface area contributed by atoms with Crippen LogP contribution >= 0.6 is 0 Å². The number of nitrogens with zero attached hydrogens (tertiary/aromatic N) is 3. The van der Waals surface area contributed by atoms with E-state index < -0.39 is 5.82 Å². The normalized spacial score (nSPS) is 14.2. The summed E-state index contributed by atoms with van der Waals surface area (Å²) >= 11 is 0. The number of aryl methyl sites for hydroxylation is 1. The predicted molar refractivity (Wildman–Crippen MR) is 124 cm³/mol. The van der Waals surface area contributed by atoms with Gasteiger partial charge in [-0.05, 0) is 36.1 Å². The van der Waals surface area contributed by atoms with Gasteiger partial charge in [-0.25, -0.2) is 10.2 Å². The number of nitrogens with two attached hydrogens (primary N) is 2. The number of hydrogen-bond acceptors (Lipinski definition) is 5. The van der Waals surface area contributed by atoms with Crippen LogP contribution in [0.15, 0.2) is 30.6 Å². The van der Waals surface area contributed by atoms with Crippen molar-refractivity contribution in [3.63, 3.8) is 0 Å². The van der Waals surface area contributed by atoms with Crippen LogP contribution in [0.25, 0.3) is 16.5 Å². The van der Waals surface area contributed by atoms with Crippen molar-refractivity contribution in [1.82, 2.24) is 19.8 Å². The highest BCUT2D eigenvalue weighted by atomic mass is 19.1. The summed E-state index contributed by atoms with van der Waals surface area (Å²) in [6.45, 7) is 3.24. The fourth-order valence-electron chi connectivity index (χ4n) is 3.93. The number of benzene rings is 1. The van der Waals surface area contributed by atoms with Gasteiger partial charge < -0.3 is 25.5 Å². The van der Waals surface area contributed by atoms with Crippen molar-refractivity contribution in [2.75, 3.05) is 33.7 Å². The molecule has 1 aliphatic heterocycles. The van der Waals surface area contributed by atoms with E-state index in [0.29, 0.717) is 54.6 Å². The molecule has 1 aromatic heterocycles. The van der Waals surface area contributed by atoms with Crippen molar-refractivity contribution >= 4 is 28.3 Å². The molecule has 2 amide bonds. The summed E-state index contributed by atoms with van der Waals surface area (Å²) in [5.41, 5.74) is 8.15. The number of hydrogen-bond donors (Lipinski definition) is 3. The number of hydrazine groups is 1. The maximum Gasteiger partial charge on any atom is 0.269 e. The monoisotopic (exact) mass is 442 g/mol. The quantitative estimate of drug-likeness (QED) is 0.450. The lowest BCUT2D eigenvalue weighted by atomic mass is 9.95. The number of H-pyrrole nitrogens is 1. The molecule has 0 atom stereocenters. The van der Waals surface area contributed by atoms with Gasteiger partial charge in [-0.15, -0.1) is 0 Å². The van der Waals surface area contributed by atoms with E-state index in [-0.39, 0.29) is 18.2 Å². The van der Waals surface area contributed by atoms with Gasteiger partial charge in [0, 0.05) is 63.5 Å². The molecule has 1 aromatic carbocycles. The molecule has 0 aliphatic carbocycles. The minimum Gasteiger partial charge on any atom is -0.403 e. The van der Waals surface area contributed by atoms with Gasteiger partial charge in [0.1, 0.15) is 5.69 Å². The lowest BCUT2D eigenvalue weighted by Crippen LogP contribution is -2.38. The molecule has 3 rings (SSSR count). The molecule has 2 aromatic rings. The summed E-state index contributed by atoms with van der Waals surface area (Å²) in [5, 5.41) is 2.07. The van der Waals surface area contributed by atoms with Crippen LogP contribution in [0.5, 0.6) is 0 Å². The largest absolute Gasteiger partial charge is 0.403 e. The first kappa shape index (κ1) is 23.3. The predicted octanol–water partition coefficient (Wildman–Crippen LogP) is 2.18. The van der Waals surface area contributed by atoms with Crippen LogP contribution < -0.4 is 11.6 Å². The molecule has 0 unspecified atom stereocenters. The second-order valence-electron chi connectivity index (χ2n) is 8.08. The molecule has 0 spiro atoms. The van der Waals surface area contributed by atoms with Crippen LogP contribution in [0.4, 0.5) is 4.39 Å². The third-order valence-electron chi connectivity index (χ3n) is 5.67. The Balaban J connectivity index is 1.88. The second-order valence-corrected chi connectivity index (χ2v) is 8.08. The zero-order valence-electron chi connectivity index (χ0n) is 18.8. The summed E-state index contributed by atoms with van der Waals surface area (Å²) in [7, 11) is 3.32. The van der Waals surface area contributed by atoms with Gasteiger partial charge in [0.15, 0.2) is 5.82 Å². The number of rotatable bonds is 7. The van der Waals surface area contributed by atoms with Crippen LogP contribution in [0.1, 0.15) is 41.4 Å². The van der Waals surface area contributed by atoms with E-state index in [4.69, 9.17) is 11.6 Å². The fraction of sp³-hybridized carbons (Fsp3) is 0.391. The Bertz CT molecular complexity index is 1070. The van der Waals surface area contributed by atoms with Gasteiger partial charge in [-0.3, -0.25) is 9.59 Å². The van der Waals surface area contributed by atoms with Crippen LogP contribution in [-0.2, 0) is 11.2 Å². The topological polar surface area (TPSA) is 112 Å². The Hall–Kier alpha value is -3.33. The minimum absolute atomic E-state index is 0.0487. The number of carbonyl (C=O) groups excluding carboxylic acids is 2. The van der Waals surface area contributed by atoms with E-state index in [9.17, 15) is 9.59 Å². The summed E-state index contributed by atoms with van der Waals surface area (Å²) < 4.78 is 15.6. The lowest BCUT2D eigenvalue weighted by Gasteiger charge is -2.28. The smallest absolute Gasteiger partial charge is 0.269 e. The fourth-order valence-corrected chi connectivity index (χ4v) is 3.93. The van der Waals surface area contributed by atoms with E-state index in [2.05, 4.69) is 4.98 Å². The first-order chi connectivity index (χ1) is 15.3. The average molecular weight is 443 g/mol. The van der Waals surface area contributed by atoms with E-state index in [1.165, 1.54) is 22.3 Å². The highest BCUT2D eigenvalue weighted by Gasteiger charge is 2.24. The van der Waals surface area contributed by atoms with Crippen LogP contribution in [0, 0.1) is 5.82 Å². The molecule has 0 saturated carbocycles. The van der Waals surface area contributed by atoms with Crippen LogP contribution in [-0.4, -0.2) is 65.3 Å². The van der Waals surface area contributed by atoms with Crippen molar-refractivity contribution in [3.05, 3.63) is 53.2 Å². The molecule has 32 heavy (non-hydrogen) atoms. The molecule has 0 bridgehead atoms. The van der Waals surface area contributed by atoms with E-state index in [0.717, 1.165) is 11.1 Å². The number of nitrogens with one attached hydrogen (secondary N) is 1. The Labute approximate surface area is 187 Å². The third-order valence-corrected chi connectivity index (χ3v) is 5.67. The van der Waals surface area contributed by atoms with Gasteiger partial charge in [0.05, 0.1) is 5.52 Å². The standard InChI is InChI=1S/C23H31FN6O2/c1-4-15-12-17(21(24)22-18(15)13-19(27-22)23(32)28(2)3)16-6-5-9-29(14-16)20(31)7-10-30(26)11-8-25/h6,8,11-13,27H,4-5,7,9-10,14,25-26H2,1-3H3/b11-8-. The van der Waals surface area contributed by atoms with Crippen LogP contribution in [0.2, 0.25) is 0 Å². The lowest BCUT2D eigenvalue weighted by molar-refractivity contribution is -0.130. The number of halogens is 1. The Morgan fingerprint density at radius 1 is 1.31 bits per heavy atom. The Morgan fingerprint density at radius 3 is 2.72 bits per heavy atom. The van der Waals surface area contributed by atoms with Gasteiger partial charge in [0.25, 0.3) is 5.91 Å². The van der Waals surface area contributed by atoms with Gasteiger partial charge in [0.2, 0.25) is 5.91 Å². The van der Waals surface area contributed by atoms with E-state index in [1.54, 1.807) is 25.1 Å². The first-order valence-electron chi connectivity index (χ1n) is 10.7. The van der Waals surface area contributed by atoms with Gasteiger partial charge in [-0.2, -0.15) is 0 Å². The van der Waals surface area contributed by atoms with Gasteiger partial charge >= 0.3 is 0 Å². The highest BCUT2D eigenvalue weighted by Crippen LogP contribution is 2.32. The number of amides is 2. The Kier molecular flexibility index (Phi) is 7.19. The molecule has 5 N–H and O–H groups in total. The molecule has 0 saturated heterocycles. The summed E-state index contributed by atoms with van der Waals surface area (Å²) in [4.78, 5) is 31.2. The second kappa shape index (κ2) is 9.86. The van der Waals surface area contributed by atoms with Crippen molar-refractivity contribution in [2.24, 2.45) is 11.6 Å².